The van der Waals surface area contributed by atoms with Crippen LogP contribution in [0.2, 0.25) is 0 Å². The first-order chi connectivity index (χ1) is 8.69. The molecule has 0 unspecified atom stereocenters. The number of nitrogen functional groups attached to an aromatic ring is 2. The van der Waals surface area contributed by atoms with Gasteiger partial charge < -0.3 is 40.6 Å². The van der Waals surface area contributed by atoms with Gasteiger partial charge in [-0.25, -0.2) is 0 Å². The Kier molecular flexibility index (Phi) is 5.87. The van der Waals surface area contributed by atoms with Crippen LogP contribution in [-0.2, 0) is 9.47 Å². The minimum Gasteiger partial charge on any atom is -0.449 e. The summed E-state index contributed by atoms with van der Waals surface area (Å²) >= 11 is 0. The number of nitrogens with two attached hydrogens (primary N) is 2. The first kappa shape index (κ1) is 14.2. The Labute approximate surface area is 102 Å². The van der Waals surface area contributed by atoms with Gasteiger partial charge >= 0.3 is 0 Å². The topological polar surface area (TPSA) is 155 Å². The van der Waals surface area contributed by atoms with E-state index in [0.29, 0.717) is 0 Å². The van der Waals surface area contributed by atoms with E-state index in [2.05, 4.69) is 19.4 Å². The fourth-order valence-electron chi connectivity index (χ4n) is 0.935. The SMILES string of the molecule is Nc1nc(OCOCO)c(N)c(OCOCO)n1. The summed E-state index contributed by atoms with van der Waals surface area (Å²) in [6.45, 7) is -1.53. The van der Waals surface area contributed by atoms with Crippen LogP contribution in [0.1, 0.15) is 0 Å². The molecule has 0 spiro atoms. The van der Waals surface area contributed by atoms with Gasteiger partial charge in [-0.2, -0.15) is 9.97 Å². The molecule has 0 saturated carbocycles. The third-order valence-electron chi connectivity index (χ3n) is 1.63. The van der Waals surface area contributed by atoms with Crippen LogP contribution in [0.4, 0.5) is 11.6 Å². The molecule has 0 aliphatic rings. The van der Waals surface area contributed by atoms with Crippen molar-refractivity contribution in [2.75, 3.05) is 38.6 Å². The summed E-state index contributed by atoms with van der Waals surface area (Å²) in [4.78, 5) is 7.44. The minimum atomic E-state index is -0.506. The second kappa shape index (κ2) is 7.45. The number of aromatic nitrogens is 2. The Balaban J connectivity index is 2.71. The predicted octanol–water partition coefficient (Wildman–Crippen LogP) is -1.75. The molecule has 0 saturated heterocycles. The predicted molar refractivity (Wildman–Crippen MR) is 58.2 cm³/mol. The van der Waals surface area contributed by atoms with Crippen molar-refractivity contribution in [1.82, 2.24) is 9.97 Å². The van der Waals surface area contributed by atoms with Gasteiger partial charge in [-0.15, -0.1) is 0 Å². The second-order valence-electron chi connectivity index (χ2n) is 2.80. The molecule has 1 rings (SSSR count). The van der Waals surface area contributed by atoms with Gasteiger partial charge in [0.1, 0.15) is 13.6 Å². The summed E-state index contributed by atoms with van der Waals surface area (Å²) in [5.41, 5.74) is 11.1. The quantitative estimate of drug-likeness (QED) is 0.313. The number of aliphatic hydroxyl groups excluding tert-OH is 2. The molecule has 10 nitrogen and oxygen atoms in total. The zero-order valence-electron chi connectivity index (χ0n) is 9.40. The van der Waals surface area contributed by atoms with Crippen molar-refractivity contribution < 1.29 is 29.2 Å². The van der Waals surface area contributed by atoms with Gasteiger partial charge in [-0.3, -0.25) is 0 Å². The number of anilines is 2. The van der Waals surface area contributed by atoms with E-state index in [1.165, 1.54) is 0 Å². The van der Waals surface area contributed by atoms with E-state index in [4.69, 9.17) is 31.2 Å². The number of ether oxygens (including phenoxy) is 4. The molecule has 1 aromatic heterocycles. The first-order valence-corrected chi connectivity index (χ1v) is 4.74. The number of rotatable bonds is 8. The fourth-order valence-corrected chi connectivity index (χ4v) is 0.935. The highest BCUT2D eigenvalue weighted by Gasteiger charge is 2.13. The van der Waals surface area contributed by atoms with E-state index in [0.717, 1.165) is 0 Å². The van der Waals surface area contributed by atoms with Gasteiger partial charge in [-0.1, -0.05) is 0 Å². The molecule has 0 aliphatic carbocycles. The van der Waals surface area contributed by atoms with Crippen molar-refractivity contribution in [3.05, 3.63) is 0 Å². The molecule has 0 amide bonds. The average molecular weight is 262 g/mol. The zero-order chi connectivity index (χ0) is 13.4. The molecular weight excluding hydrogens is 248 g/mol. The maximum absolute atomic E-state index is 8.41. The van der Waals surface area contributed by atoms with E-state index in [9.17, 15) is 0 Å². The molecule has 6 N–H and O–H groups in total. The van der Waals surface area contributed by atoms with E-state index in [1.54, 1.807) is 0 Å². The highest BCUT2D eigenvalue weighted by Crippen LogP contribution is 2.28. The molecule has 102 valence electrons. The van der Waals surface area contributed by atoms with Gasteiger partial charge in [0, 0.05) is 0 Å². The fraction of sp³-hybridized carbons (Fsp3) is 0.500. The number of hydrogen-bond acceptors (Lipinski definition) is 10. The van der Waals surface area contributed by atoms with Crippen molar-refractivity contribution in [1.29, 1.82) is 0 Å². The van der Waals surface area contributed by atoms with Crippen LogP contribution in [-0.4, -0.2) is 47.4 Å². The maximum Gasteiger partial charge on any atom is 0.248 e. The van der Waals surface area contributed by atoms with Crippen LogP contribution in [0, 0.1) is 0 Å². The molecular formula is C8H14N4O6. The molecule has 10 heteroatoms. The lowest BCUT2D eigenvalue weighted by molar-refractivity contribution is -0.0684. The van der Waals surface area contributed by atoms with Crippen molar-refractivity contribution in [3.63, 3.8) is 0 Å². The summed E-state index contributed by atoms with van der Waals surface area (Å²) in [6, 6.07) is 0. The lowest BCUT2D eigenvalue weighted by Crippen LogP contribution is -2.12. The molecule has 0 bridgehead atoms. The molecule has 18 heavy (non-hydrogen) atoms. The lowest BCUT2D eigenvalue weighted by atomic mass is 10.5. The standard InChI is InChI=1S/C8H14N4O6/c9-5-6(17-3-15-1-13)11-8(10)12-7(5)18-4-16-2-14/h13-14H,1-4,9H2,(H2,10,11,12). The zero-order valence-corrected chi connectivity index (χ0v) is 9.40. The first-order valence-electron chi connectivity index (χ1n) is 4.74. The van der Waals surface area contributed by atoms with E-state index in [-0.39, 0.29) is 37.0 Å². The molecule has 0 aromatic carbocycles. The second-order valence-corrected chi connectivity index (χ2v) is 2.80. The summed E-state index contributed by atoms with van der Waals surface area (Å²) < 4.78 is 19.1. The third kappa shape index (κ3) is 4.18. The highest BCUT2D eigenvalue weighted by molar-refractivity contribution is 5.58. The van der Waals surface area contributed by atoms with Gasteiger partial charge in [0.05, 0.1) is 0 Å². The average Bonchev–Trinajstić information content (AvgIpc) is 2.35. The highest BCUT2D eigenvalue weighted by atomic mass is 16.7. The minimum absolute atomic E-state index is 0.00715. The van der Waals surface area contributed by atoms with Crippen molar-refractivity contribution in [2.24, 2.45) is 0 Å². The van der Waals surface area contributed by atoms with E-state index >= 15 is 0 Å². The molecule has 1 aromatic rings. The number of aliphatic hydroxyl groups is 2. The Hall–Kier alpha value is -1.88. The smallest absolute Gasteiger partial charge is 0.248 e. The Morgan fingerprint density at radius 3 is 1.72 bits per heavy atom. The van der Waals surface area contributed by atoms with Crippen LogP contribution in [0.5, 0.6) is 11.8 Å². The van der Waals surface area contributed by atoms with Crippen molar-refractivity contribution in [3.8, 4) is 11.8 Å². The van der Waals surface area contributed by atoms with E-state index in [1.807, 2.05) is 0 Å². The molecule has 0 aliphatic heterocycles. The Morgan fingerprint density at radius 1 is 0.889 bits per heavy atom. The van der Waals surface area contributed by atoms with Crippen LogP contribution < -0.4 is 20.9 Å². The summed E-state index contributed by atoms with van der Waals surface area (Å²) in [6.07, 6.45) is 0. The van der Waals surface area contributed by atoms with E-state index < -0.39 is 13.6 Å². The molecule has 0 radical (unpaired) electrons. The number of hydrogen-bond donors (Lipinski definition) is 4. The Bertz CT molecular complexity index is 346. The third-order valence-corrected chi connectivity index (χ3v) is 1.63. The lowest BCUT2D eigenvalue weighted by Gasteiger charge is -2.11. The van der Waals surface area contributed by atoms with Gasteiger partial charge in [-0.05, 0) is 0 Å². The van der Waals surface area contributed by atoms with Gasteiger partial charge in [0.15, 0.2) is 19.3 Å². The van der Waals surface area contributed by atoms with Crippen LogP contribution in [0.3, 0.4) is 0 Å². The normalized spacial score (nSPS) is 10.3. The van der Waals surface area contributed by atoms with Crippen LogP contribution in [0.15, 0.2) is 0 Å². The van der Waals surface area contributed by atoms with Crippen molar-refractivity contribution >= 4 is 11.6 Å². The van der Waals surface area contributed by atoms with Crippen LogP contribution >= 0.6 is 0 Å². The molecule has 0 atom stereocenters. The summed E-state index contributed by atoms with van der Waals surface area (Å²) in [5, 5.41) is 16.8. The molecule has 1 heterocycles. The number of nitrogens with zero attached hydrogens (tertiary/aromatic N) is 2. The van der Waals surface area contributed by atoms with Gasteiger partial charge in [0.2, 0.25) is 17.7 Å². The van der Waals surface area contributed by atoms with Crippen LogP contribution in [0.25, 0.3) is 0 Å². The maximum atomic E-state index is 8.41. The summed E-state index contributed by atoms with van der Waals surface area (Å²) in [5.74, 6) is -0.216. The van der Waals surface area contributed by atoms with Crippen molar-refractivity contribution in [2.45, 2.75) is 0 Å². The monoisotopic (exact) mass is 262 g/mol. The van der Waals surface area contributed by atoms with Gasteiger partial charge in [0.25, 0.3) is 0 Å². The summed E-state index contributed by atoms with van der Waals surface area (Å²) in [7, 11) is 0. The molecule has 0 fully saturated rings. The Morgan fingerprint density at radius 2 is 1.33 bits per heavy atom. The largest absolute Gasteiger partial charge is 0.449 e.